The zero-order valence-electron chi connectivity index (χ0n) is 9.78. The predicted molar refractivity (Wildman–Crippen MR) is 64.3 cm³/mol. The Balaban J connectivity index is 2.47. The molecule has 0 fully saturated rings. The molecule has 0 saturated carbocycles. The van der Waals surface area contributed by atoms with Crippen molar-refractivity contribution in [3.05, 3.63) is 47.1 Å². The van der Waals surface area contributed by atoms with E-state index in [0.29, 0.717) is 5.69 Å². The van der Waals surface area contributed by atoms with Crippen molar-refractivity contribution < 1.29 is 9.53 Å². The first kappa shape index (κ1) is 11.8. The number of hydrogen-bond donors (Lipinski definition) is 0. The van der Waals surface area contributed by atoms with Crippen LogP contribution >= 0.6 is 0 Å². The third kappa shape index (κ3) is 2.06. The van der Waals surface area contributed by atoms with E-state index in [4.69, 9.17) is 10.1 Å². The summed E-state index contributed by atoms with van der Waals surface area (Å²) in [5.41, 5.74) is 0.823. The van der Waals surface area contributed by atoms with Crippen molar-refractivity contribution in [1.82, 2.24) is 9.78 Å². The third-order valence-corrected chi connectivity index (χ3v) is 2.33. The van der Waals surface area contributed by atoms with Gasteiger partial charge in [0.05, 0.1) is 18.2 Å². The number of rotatable bonds is 3. The van der Waals surface area contributed by atoms with Gasteiger partial charge in [-0.3, -0.25) is 0 Å². The van der Waals surface area contributed by atoms with Crippen LogP contribution in [0.3, 0.4) is 0 Å². The minimum absolute atomic E-state index is 0.0552. The molecule has 0 N–H and O–H groups in total. The van der Waals surface area contributed by atoms with Crippen molar-refractivity contribution in [2.75, 3.05) is 6.61 Å². The lowest BCUT2D eigenvalue weighted by atomic mass is 10.3. The normalized spacial score (nSPS) is 9.78. The molecule has 0 saturated heterocycles. The van der Waals surface area contributed by atoms with Gasteiger partial charge in [-0.2, -0.15) is 0 Å². The number of benzene rings is 1. The molecule has 1 aromatic carbocycles. The molecule has 1 aromatic heterocycles. The third-order valence-electron chi connectivity index (χ3n) is 2.33. The Morgan fingerprint density at radius 3 is 2.78 bits per heavy atom. The lowest BCUT2D eigenvalue weighted by Crippen LogP contribution is -2.04. The maximum atomic E-state index is 11.6. The van der Waals surface area contributed by atoms with Crippen molar-refractivity contribution in [3.63, 3.8) is 0 Å². The average molecular weight is 243 g/mol. The Morgan fingerprint density at radius 1 is 1.44 bits per heavy atom. The second-order valence-electron chi connectivity index (χ2n) is 3.45. The summed E-state index contributed by atoms with van der Waals surface area (Å²) in [5, 5.41) is 13.0. The Bertz CT molecular complexity index is 598. The predicted octanol–water partition coefficient (Wildman–Crippen LogP) is 2.53. The van der Waals surface area contributed by atoms with Crippen LogP contribution in [0.5, 0.6) is 0 Å². The first-order valence-corrected chi connectivity index (χ1v) is 5.43. The van der Waals surface area contributed by atoms with E-state index in [1.807, 2.05) is 18.2 Å². The van der Waals surface area contributed by atoms with Crippen molar-refractivity contribution in [2.45, 2.75) is 6.92 Å². The molecule has 18 heavy (non-hydrogen) atoms. The molecule has 0 unspecified atom stereocenters. The maximum absolute atomic E-state index is 11.6. The van der Waals surface area contributed by atoms with E-state index in [2.05, 4.69) is 10.1 Å². The molecule has 0 aliphatic heterocycles. The van der Waals surface area contributed by atoms with E-state index in [9.17, 15) is 4.79 Å². The highest BCUT2D eigenvalue weighted by Gasteiger charge is 2.29. The van der Waals surface area contributed by atoms with E-state index in [1.165, 1.54) is 10.9 Å². The Morgan fingerprint density at radius 2 is 2.17 bits per heavy atom. The van der Waals surface area contributed by atoms with E-state index in [0.717, 1.165) is 0 Å². The van der Waals surface area contributed by atoms with Gasteiger partial charge in [0, 0.05) is 4.98 Å². The molecule has 6 nitrogen and oxygen atoms in total. The van der Waals surface area contributed by atoms with E-state index in [-0.39, 0.29) is 18.0 Å². The van der Waals surface area contributed by atoms with Crippen molar-refractivity contribution in [1.29, 1.82) is 5.39 Å². The molecular formula is C12H11N4O2+. The first-order chi connectivity index (χ1) is 8.77. The number of esters is 1. The molecule has 0 atom stereocenters. The summed E-state index contributed by atoms with van der Waals surface area (Å²) in [6, 6.07) is 9.08. The highest BCUT2D eigenvalue weighted by atomic mass is 16.5. The highest BCUT2D eigenvalue weighted by Crippen LogP contribution is 2.23. The lowest BCUT2D eigenvalue weighted by molar-refractivity contribution is 0.0527. The molecule has 0 aliphatic carbocycles. The molecule has 2 rings (SSSR count). The summed E-state index contributed by atoms with van der Waals surface area (Å²) in [6.45, 7) is 1.95. The molecule has 1 heterocycles. The maximum Gasteiger partial charge on any atom is 0.466 e. The molecule has 0 bridgehead atoms. The van der Waals surface area contributed by atoms with Gasteiger partial charge in [0.25, 0.3) is 0 Å². The van der Waals surface area contributed by atoms with Crippen molar-refractivity contribution in [2.24, 2.45) is 0 Å². The molecule has 0 amide bonds. The lowest BCUT2D eigenvalue weighted by Gasteiger charge is -1.95. The van der Waals surface area contributed by atoms with E-state index in [1.54, 1.807) is 19.1 Å². The molecular weight excluding hydrogens is 232 g/mol. The van der Waals surface area contributed by atoms with Crippen LogP contribution in [0.1, 0.15) is 17.3 Å². The zero-order valence-corrected chi connectivity index (χ0v) is 9.78. The van der Waals surface area contributed by atoms with Gasteiger partial charge in [-0.25, -0.2) is 4.79 Å². The van der Waals surface area contributed by atoms with Crippen molar-refractivity contribution in [3.8, 4) is 5.69 Å². The van der Waals surface area contributed by atoms with Gasteiger partial charge >= 0.3 is 11.8 Å². The molecule has 6 heteroatoms. The summed E-state index contributed by atoms with van der Waals surface area (Å²) in [5.74, 6) is -0.507. The largest absolute Gasteiger partial charge is 0.466 e. The van der Waals surface area contributed by atoms with Gasteiger partial charge in [-0.05, 0) is 19.1 Å². The minimum Gasteiger partial charge on any atom is -0.462 e. The quantitative estimate of drug-likeness (QED) is 0.613. The van der Waals surface area contributed by atoms with Gasteiger partial charge in [0.15, 0.2) is 11.3 Å². The van der Waals surface area contributed by atoms with Crippen molar-refractivity contribution >= 4 is 11.8 Å². The van der Waals surface area contributed by atoms with E-state index >= 15 is 0 Å². The standard InChI is InChI=1S/C12H11N4O2/c1-2-18-12(17)10-8-14-16(11(10)15-13)9-6-4-3-5-7-9/h3-8H,2H2,1H3/q+1. The second kappa shape index (κ2) is 5.10. The van der Waals surface area contributed by atoms with Crippen LogP contribution in [0, 0.1) is 5.39 Å². The smallest absolute Gasteiger partial charge is 0.462 e. The Hall–Kier alpha value is -2.68. The fraction of sp³-hybridized carbons (Fsp3) is 0.167. The number of diazo groups is 1. The monoisotopic (exact) mass is 243 g/mol. The van der Waals surface area contributed by atoms with Crippen LogP contribution in [0.25, 0.3) is 10.7 Å². The fourth-order valence-corrected chi connectivity index (χ4v) is 1.55. The summed E-state index contributed by atoms with van der Waals surface area (Å²) in [6.07, 6.45) is 1.32. The average Bonchev–Trinajstić information content (AvgIpc) is 2.83. The topological polar surface area (TPSA) is 72.3 Å². The van der Waals surface area contributed by atoms with Crippen LogP contribution in [0.2, 0.25) is 0 Å². The summed E-state index contributed by atoms with van der Waals surface area (Å²) < 4.78 is 6.22. The molecule has 2 aromatic rings. The van der Waals surface area contributed by atoms with Gasteiger partial charge in [-0.1, -0.05) is 28.0 Å². The summed E-state index contributed by atoms with van der Waals surface area (Å²) in [4.78, 5) is 14.7. The number of carbonyl (C=O) groups excluding carboxylic acids is 1. The number of aromatic nitrogens is 2. The second-order valence-corrected chi connectivity index (χ2v) is 3.45. The van der Waals surface area contributed by atoms with Crippen LogP contribution < -0.4 is 0 Å². The molecule has 0 aliphatic rings. The Labute approximate surface area is 103 Å². The number of para-hydroxylation sites is 1. The summed E-state index contributed by atoms with van der Waals surface area (Å²) >= 11 is 0. The van der Waals surface area contributed by atoms with Crippen LogP contribution in [0.15, 0.2) is 36.5 Å². The van der Waals surface area contributed by atoms with E-state index < -0.39 is 5.97 Å². The highest BCUT2D eigenvalue weighted by molar-refractivity contribution is 5.95. The zero-order chi connectivity index (χ0) is 13.0. The SMILES string of the molecule is CCOC(=O)c1cnn(-c2ccccc2)c1[N+]#N. The number of carbonyl (C=O) groups is 1. The van der Waals surface area contributed by atoms with Gasteiger partial charge in [-0.15, -0.1) is 0 Å². The van der Waals surface area contributed by atoms with Crippen LogP contribution in [-0.4, -0.2) is 22.4 Å². The molecule has 90 valence electrons. The Kier molecular flexibility index (Phi) is 3.34. The molecule has 0 radical (unpaired) electrons. The van der Waals surface area contributed by atoms with Gasteiger partial charge < -0.3 is 4.74 Å². The fourth-order valence-electron chi connectivity index (χ4n) is 1.55. The van der Waals surface area contributed by atoms with Gasteiger partial charge in [0.1, 0.15) is 0 Å². The van der Waals surface area contributed by atoms with Gasteiger partial charge in [0.2, 0.25) is 0 Å². The summed E-state index contributed by atoms with van der Waals surface area (Å²) in [7, 11) is 0. The number of nitrogens with zero attached hydrogens (tertiary/aromatic N) is 4. The van der Waals surface area contributed by atoms with Crippen LogP contribution in [0.4, 0.5) is 5.82 Å². The molecule has 0 spiro atoms. The minimum atomic E-state index is -0.563. The van der Waals surface area contributed by atoms with Crippen LogP contribution in [-0.2, 0) is 4.74 Å². The first-order valence-electron chi connectivity index (χ1n) is 5.43. The number of ether oxygens (including phenoxy) is 1. The number of hydrogen-bond acceptors (Lipinski definition) is 4.